The second-order valence-corrected chi connectivity index (χ2v) is 5.38. The number of H-pyrrole nitrogens is 2. The Bertz CT molecular complexity index is 1100. The summed E-state index contributed by atoms with van der Waals surface area (Å²) in [4.78, 5) is 16.0. The van der Waals surface area contributed by atoms with Crippen LogP contribution >= 0.6 is 0 Å². The van der Waals surface area contributed by atoms with Gasteiger partial charge in [0.05, 0.1) is 11.0 Å². The van der Waals surface area contributed by atoms with Gasteiger partial charge in [0.1, 0.15) is 5.52 Å². The van der Waals surface area contributed by atoms with Crippen molar-refractivity contribution in [2.45, 2.75) is 0 Å². The van der Waals surface area contributed by atoms with Crippen LogP contribution in [0.4, 0.5) is 0 Å². The minimum atomic E-state index is 0.821. The summed E-state index contributed by atoms with van der Waals surface area (Å²) in [6, 6.07) is 18.5. The summed E-state index contributed by atoms with van der Waals surface area (Å²) in [5.41, 5.74) is 6.79. The maximum absolute atomic E-state index is 4.77. The first-order chi connectivity index (χ1) is 10.9. The average molecular weight is 284 g/mol. The molecule has 4 heteroatoms. The molecule has 5 aromatic rings. The van der Waals surface area contributed by atoms with Gasteiger partial charge in [0.25, 0.3) is 0 Å². The SMILES string of the molecule is c1ccc2[nH]c(-c3cccc4nc5[nH]ccc5nc34)cc2c1. The van der Waals surface area contributed by atoms with Crippen molar-refractivity contribution in [3.05, 3.63) is 60.8 Å². The van der Waals surface area contributed by atoms with E-state index in [9.17, 15) is 0 Å². The fraction of sp³-hybridized carbons (Fsp3) is 0. The fourth-order valence-electron chi connectivity index (χ4n) is 2.95. The molecule has 0 saturated carbocycles. The van der Waals surface area contributed by atoms with Crippen molar-refractivity contribution >= 4 is 33.1 Å². The van der Waals surface area contributed by atoms with Gasteiger partial charge in [-0.05, 0) is 24.3 Å². The topological polar surface area (TPSA) is 57.4 Å². The van der Waals surface area contributed by atoms with Crippen LogP contribution in [0.3, 0.4) is 0 Å². The smallest absolute Gasteiger partial charge is 0.156 e. The Balaban J connectivity index is 1.85. The van der Waals surface area contributed by atoms with Gasteiger partial charge in [0, 0.05) is 28.4 Å². The fourth-order valence-corrected chi connectivity index (χ4v) is 2.95. The highest BCUT2D eigenvalue weighted by Gasteiger charge is 2.10. The monoisotopic (exact) mass is 284 g/mol. The van der Waals surface area contributed by atoms with Crippen molar-refractivity contribution in [1.29, 1.82) is 0 Å². The molecule has 0 aliphatic rings. The molecular weight excluding hydrogens is 272 g/mol. The Morgan fingerprint density at radius 3 is 2.73 bits per heavy atom. The number of nitrogens with zero attached hydrogens (tertiary/aromatic N) is 2. The highest BCUT2D eigenvalue weighted by molar-refractivity contribution is 5.97. The minimum absolute atomic E-state index is 0.821. The van der Waals surface area contributed by atoms with Crippen LogP contribution in [0.25, 0.3) is 44.4 Å². The van der Waals surface area contributed by atoms with Gasteiger partial charge in [0.15, 0.2) is 5.65 Å². The lowest BCUT2D eigenvalue weighted by Gasteiger charge is -2.03. The molecule has 22 heavy (non-hydrogen) atoms. The summed E-state index contributed by atoms with van der Waals surface area (Å²) < 4.78 is 0. The van der Waals surface area contributed by atoms with Crippen LogP contribution in [0, 0.1) is 0 Å². The highest BCUT2D eigenvalue weighted by Crippen LogP contribution is 2.29. The molecule has 0 aliphatic heterocycles. The van der Waals surface area contributed by atoms with Crippen LogP contribution in [0.15, 0.2) is 60.8 Å². The number of benzene rings is 2. The van der Waals surface area contributed by atoms with E-state index >= 15 is 0 Å². The first-order valence-corrected chi connectivity index (χ1v) is 7.20. The summed E-state index contributed by atoms with van der Waals surface area (Å²) in [6.07, 6.45) is 1.87. The normalized spacial score (nSPS) is 11.6. The molecule has 2 aromatic carbocycles. The van der Waals surface area contributed by atoms with E-state index < -0.39 is 0 Å². The molecular formula is C18H12N4. The Morgan fingerprint density at radius 1 is 0.818 bits per heavy atom. The Hall–Kier alpha value is -3.14. The highest BCUT2D eigenvalue weighted by atomic mass is 14.9. The van der Waals surface area contributed by atoms with Gasteiger partial charge in [-0.25, -0.2) is 9.97 Å². The molecule has 0 spiro atoms. The van der Waals surface area contributed by atoms with E-state index in [2.05, 4.69) is 39.2 Å². The number of aromatic amines is 2. The van der Waals surface area contributed by atoms with Crippen molar-refractivity contribution in [2.75, 3.05) is 0 Å². The molecule has 3 aromatic heterocycles. The third kappa shape index (κ3) is 1.58. The molecule has 2 N–H and O–H groups in total. The molecule has 5 rings (SSSR count). The summed E-state index contributed by atoms with van der Waals surface area (Å²) in [6.45, 7) is 0. The van der Waals surface area contributed by atoms with Crippen LogP contribution in [-0.2, 0) is 0 Å². The molecule has 0 amide bonds. The lowest BCUT2D eigenvalue weighted by Crippen LogP contribution is -1.89. The van der Waals surface area contributed by atoms with Gasteiger partial charge in [-0.1, -0.05) is 30.3 Å². The van der Waals surface area contributed by atoms with Gasteiger partial charge in [0.2, 0.25) is 0 Å². The van der Waals surface area contributed by atoms with Gasteiger partial charge >= 0.3 is 0 Å². The van der Waals surface area contributed by atoms with Crippen LogP contribution in [0.5, 0.6) is 0 Å². The summed E-state index contributed by atoms with van der Waals surface area (Å²) in [7, 11) is 0. The molecule has 4 nitrogen and oxygen atoms in total. The predicted octanol–water partition coefficient (Wildman–Crippen LogP) is 4.26. The molecule has 0 radical (unpaired) electrons. The lowest BCUT2D eigenvalue weighted by molar-refractivity contribution is 1.33. The van der Waals surface area contributed by atoms with Gasteiger partial charge < -0.3 is 9.97 Å². The summed E-state index contributed by atoms with van der Waals surface area (Å²) in [5, 5.41) is 1.20. The molecule has 3 heterocycles. The number of aromatic nitrogens is 4. The number of rotatable bonds is 1. The van der Waals surface area contributed by atoms with Gasteiger partial charge in [-0.2, -0.15) is 0 Å². The van der Waals surface area contributed by atoms with E-state index in [-0.39, 0.29) is 0 Å². The Kier molecular flexibility index (Phi) is 2.19. The zero-order valence-electron chi connectivity index (χ0n) is 11.7. The Morgan fingerprint density at radius 2 is 1.77 bits per heavy atom. The maximum atomic E-state index is 4.77. The molecule has 0 aliphatic carbocycles. The van der Waals surface area contributed by atoms with E-state index in [4.69, 9.17) is 4.98 Å². The van der Waals surface area contributed by atoms with Crippen molar-refractivity contribution in [2.24, 2.45) is 0 Å². The maximum Gasteiger partial charge on any atom is 0.156 e. The molecule has 104 valence electrons. The Labute approximate surface area is 125 Å². The van der Waals surface area contributed by atoms with Crippen LogP contribution in [-0.4, -0.2) is 19.9 Å². The second kappa shape index (κ2) is 4.18. The lowest BCUT2D eigenvalue weighted by atomic mass is 10.1. The largest absolute Gasteiger partial charge is 0.354 e. The third-order valence-corrected chi connectivity index (χ3v) is 4.00. The molecule has 0 fully saturated rings. The van der Waals surface area contributed by atoms with Gasteiger partial charge in [-0.3, -0.25) is 0 Å². The van der Waals surface area contributed by atoms with E-state index in [1.54, 1.807) is 0 Å². The van der Waals surface area contributed by atoms with E-state index in [0.29, 0.717) is 0 Å². The third-order valence-electron chi connectivity index (χ3n) is 4.00. The van der Waals surface area contributed by atoms with Crippen molar-refractivity contribution in [1.82, 2.24) is 19.9 Å². The average Bonchev–Trinajstić information content (AvgIpc) is 3.17. The van der Waals surface area contributed by atoms with E-state index in [1.165, 1.54) is 5.39 Å². The van der Waals surface area contributed by atoms with Crippen molar-refractivity contribution in [3.63, 3.8) is 0 Å². The predicted molar refractivity (Wildman–Crippen MR) is 88.7 cm³/mol. The second-order valence-electron chi connectivity index (χ2n) is 5.38. The quantitative estimate of drug-likeness (QED) is 0.483. The van der Waals surface area contributed by atoms with Crippen molar-refractivity contribution < 1.29 is 0 Å². The first kappa shape index (κ1) is 11.5. The number of nitrogens with one attached hydrogen (secondary N) is 2. The van der Waals surface area contributed by atoms with E-state index in [0.717, 1.165) is 39.0 Å². The summed E-state index contributed by atoms with van der Waals surface area (Å²) in [5.74, 6) is 0. The zero-order valence-corrected chi connectivity index (χ0v) is 11.7. The van der Waals surface area contributed by atoms with Crippen LogP contribution in [0.2, 0.25) is 0 Å². The molecule has 0 atom stereocenters. The van der Waals surface area contributed by atoms with Gasteiger partial charge in [-0.15, -0.1) is 0 Å². The van der Waals surface area contributed by atoms with Crippen molar-refractivity contribution in [3.8, 4) is 11.3 Å². The molecule has 0 saturated heterocycles. The van der Waals surface area contributed by atoms with Crippen LogP contribution in [0.1, 0.15) is 0 Å². The first-order valence-electron chi connectivity index (χ1n) is 7.20. The molecule has 0 unspecified atom stereocenters. The van der Waals surface area contributed by atoms with E-state index in [1.807, 2.05) is 36.5 Å². The zero-order chi connectivity index (χ0) is 14.5. The number of hydrogen-bond donors (Lipinski definition) is 2. The number of hydrogen-bond acceptors (Lipinski definition) is 2. The summed E-state index contributed by atoms with van der Waals surface area (Å²) >= 11 is 0. The minimum Gasteiger partial charge on any atom is -0.354 e. The standard InChI is InChI=1S/C18H12N4/c1-2-6-13-11(4-1)10-16(20-13)12-5-3-7-14-17(12)21-15-8-9-19-18(15)22-14/h1-10,20H,(H,19,22). The number of fused-ring (bicyclic) bond motifs is 3. The van der Waals surface area contributed by atoms with Crippen LogP contribution < -0.4 is 0 Å². The number of para-hydroxylation sites is 2. The molecule has 0 bridgehead atoms.